The van der Waals surface area contributed by atoms with Crippen molar-refractivity contribution in [2.24, 2.45) is 11.7 Å². The van der Waals surface area contributed by atoms with Crippen molar-refractivity contribution in [3.63, 3.8) is 0 Å². The molecule has 0 saturated heterocycles. The number of thiol groups is 1. The van der Waals surface area contributed by atoms with Gasteiger partial charge in [0.05, 0.1) is 6.04 Å². The average molecular weight is 499 g/mol. The Balaban J connectivity index is 2.82. The third-order valence-electron chi connectivity index (χ3n) is 4.93. The largest absolute Gasteiger partial charge is 0.480 e. The van der Waals surface area contributed by atoms with Crippen molar-refractivity contribution in [2.45, 2.75) is 50.9 Å². The summed E-state index contributed by atoms with van der Waals surface area (Å²) in [6.45, 7) is 3.45. The maximum absolute atomic E-state index is 12.9. The number of rotatable bonds is 14. The SMILES string of the molecule is CSCCC(N)C(=O)NC(CS)C(=O)NC(C(=O)NC(Cc1ccccc1)C(=O)O)C(C)C. The van der Waals surface area contributed by atoms with Gasteiger partial charge in [-0.05, 0) is 29.9 Å². The van der Waals surface area contributed by atoms with Crippen molar-refractivity contribution in [1.29, 1.82) is 0 Å². The van der Waals surface area contributed by atoms with E-state index in [4.69, 9.17) is 5.73 Å². The molecule has 0 fully saturated rings. The Hall–Kier alpha value is -2.24. The number of amides is 3. The molecule has 0 saturated carbocycles. The van der Waals surface area contributed by atoms with Gasteiger partial charge in [-0.1, -0.05) is 44.2 Å². The summed E-state index contributed by atoms with van der Waals surface area (Å²) in [6.07, 6.45) is 2.47. The van der Waals surface area contributed by atoms with E-state index in [0.29, 0.717) is 12.2 Å². The summed E-state index contributed by atoms with van der Waals surface area (Å²) in [5, 5.41) is 17.2. The normalized spacial score (nSPS) is 14.6. The maximum atomic E-state index is 12.9. The quantitative estimate of drug-likeness (QED) is 0.204. The molecule has 3 amide bonds. The van der Waals surface area contributed by atoms with E-state index in [1.165, 1.54) is 0 Å². The molecule has 0 spiro atoms. The number of carbonyl (C=O) groups excluding carboxylic acids is 3. The van der Waals surface area contributed by atoms with Gasteiger partial charge >= 0.3 is 5.97 Å². The van der Waals surface area contributed by atoms with Crippen molar-refractivity contribution < 1.29 is 24.3 Å². The fourth-order valence-electron chi connectivity index (χ4n) is 2.95. The fourth-order valence-corrected chi connectivity index (χ4v) is 3.70. The molecular weight excluding hydrogens is 464 g/mol. The lowest BCUT2D eigenvalue weighted by molar-refractivity contribution is -0.142. The monoisotopic (exact) mass is 498 g/mol. The van der Waals surface area contributed by atoms with E-state index in [-0.39, 0.29) is 18.1 Å². The Bertz CT molecular complexity index is 794. The van der Waals surface area contributed by atoms with Crippen molar-refractivity contribution in [3.8, 4) is 0 Å². The molecule has 1 aromatic rings. The molecule has 4 unspecified atom stereocenters. The second-order valence-electron chi connectivity index (χ2n) is 7.95. The van der Waals surface area contributed by atoms with E-state index >= 15 is 0 Å². The van der Waals surface area contributed by atoms with Crippen LogP contribution in [0.1, 0.15) is 25.8 Å². The molecule has 1 aromatic carbocycles. The molecular formula is C22H34N4O5S2. The van der Waals surface area contributed by atoms with E-state index in [0.717, 1.165) is 5.56 Å². The maximum Gasteiger partial charge on any atom is 0.326 e. The van der Waals surface area contributed by atoms with Crippen LogP contribution >= 0.6 is 24.4 Å². The first-order valence-corrected chi connectivity index (χ1v) is 12.7. The van der Waals surface area contributed by atoms with Crippen LogP contribution < -0.4 is 21.7 Å². The number of hydrogen-bond acceptors (Lipinski definition) is 7. The number of thioether (sulfide) groups is 1. The van der Waals surface area contributed by atoms with Gasteiger partial charge in [0, 0.05) is 12.2 Å². The van der Waals surface area contributed by atoms with E-state index in [1.54, 1.807) is 49.9 Å². The van der Waals surface area contributed by atoms with E-state index in [2.05, 4.69) is 28.6 Å². The van der Waals surface area contributed by atoms with Gasteiger partial charge in [-0.15, -0.1) is 0 Å². The fraction of sp³-hybridized carbons (Fsp3) is 0.545. The zero-order valence-corrected chi connectivity index (χ0v) is 20.8. The summed E-state index contributed by atoms with van der Waals surface area (Å²) in [4.78, 5) is 49.6. The first-order valence-electron chi connectivity index (χ1n) is 10.6. The van der Waals surface area contributed by atoms with Crippen LogP contribution in [-0.4, -0.2) is 70.7 Å². The van der Waals surface area contributed by atoms with Crippen LogP contribution in [0.5, 0.6) is 0 Å². The first kappa shape index (κ1) is 28.8. The Morgan fingerprint density at radius 2 is 1.61 bits per heavy atom. The summed E-state index contributed by atoms with van der Waals surface area (Å²) < 4.78 is 0. The third kappa shape index (κ3) is 10.1. The number of aliphatic carboxylic acids is 1. The Kier molecular flexibility index (Phi) is 12.9. The van der Waals surface area contributed by atoms with Gasteiger partial charge in [0.15, 0.2) is 0 Å². The highest BCUT2D eigenvalue weighted by atomic mass is 32.2. The Morgan fingerprint density at radius 3 is 2.12 bits per heavy atom. The van der Waals surface area contributed by atoms with Crippen LogP contribution in [0.3, 0.4) is 0 Å². The smallest absolute Gasteiger partial charge is 0.326 e. The Labute approximate surface area is 204 Å². The molecule has 184 valence electrons. The molecule has 0 aliphatic rings. The number of carboxylic acids is 1. The summed E-state index contributed by atoms with van der Waals surface area (Å²) in [5.74, 6) is -2.50. The summed E-state index contributed by atoms with van der Waals surface area (Å²) >= 11 is 5.69. The highest BCUT2D eigenvalue weighted by molar-refractivity contribution is 7.98. The lowest BCUT2D eigenvalue weighted by atomic mass is 10.0. The van der Waals surface area contributed by atoms with Gasteiger partial charge in [0.1, 0.15) is 18.1 Å². The molecule has 6 N–H and O–H groups in total. The van der Waals surface area contributed by atoms with Crippen LogP contribution in [0.4, 0.5) is 0 Å². The van der Waals surface area contributed by atoms with Crippen LogP contribution in [-0.2, 0) is 25.6 Å². The molecule has 11 heteroatoms. The predicted octanol–water partition coefficient (Wildman–Crippen LogP) is 0.434. The zero-order valence-electron chi connectivity index (χ0n) is 19.1. The second kappa shape index (κ2) is 14.8. The zero-order chi connectivity index (χ0) is 25.0. The van der Waals surface area contributed by atoms with E-state index in [1.807, 2.05) is 12.3 Å². The molecule has 0 aliphatic heterocycles. The summed E-state index contributed by atoms with van der Waals surface area (Å²) in [7, 11) is 0. The van der Waals surface area contributed by atoms with E-state index in [9.17, 15) is 24.3 Å². The second-order valence-corrected chi connectivity index (χ2v) is 9.30. The van der Waals surface area contributed by atoms with Gasteiger partial charge in [0.2, 0.25) is 17.7 Å². The van der Waals surface area contributed by atoms with Crippen molar-refractivity contribution in [1.82, 2.24) is 16.0 Å². The van der Waals surface area contributed by atoms with Gasteiger partial charge < -0.3 is 26.8 Å². The molecule has 0 aromatic heterocycles. The lowest BCUT2D eigenvalue weighted by Gasteiger charge is -2.26. The number of hydrogen-bond donors (Lipinski definition) is 6. The Morgan fingerprint density at radius 1 is 1.00 bits per heavy atom. The lowest BCUT2D eigenvalue weighted by Crippen LogP contribution is -2.59. The topological polar surface area (TPSA) is 151 Å². The van der Waals surface area contributed by atoms with E-state index < -0.39 is 47.9 Å². The highest BCUT2D eigenvalue weighted by Crippen LogP contribution is 2.08. The number of benzene rings is 1. The van der Waals surface area contributed by atoms with Crippen molar-refractivity contribution >= 4 is 48.1 Å². The number of carboxylic acid groups (broad SMARTS) is 1. The van der Waals surface area contributed by atoms with Crippen LogP contribution in [0.25, 0.3) is 0 Å². The molecule has 0 aliphatic carbocycles. The van der Waals surface area contributed by atoms with Crippen molar-refractivity contribution in [2.75, 3.05) is 17.8 Å². The molecule has 0 heterocycles. The van der Waals surface area contributed by atoms with Crippen molar-refractivity contribution in [3.05, 3.63) is 35.9 Å². The minimum absolute atomic E-state index is 0.00497. The summed E-state index contributed by atoms with van der Waals surface area (Å²) in [5.41, 5.74) is 6.60. The minimum Gasteiger partial charge on any atom is -0.480 e. The predicted molar refractivity (Wildman–Crippen MR) is 133 cm³/mol. The van der Waals surface area contributed by atoms with Crippen LogP contribution in [0.15, 0.2) is 30.3 Å². The molecule has 4 atom stereocenters. The number of carbonyl (C=O) groups is 4. The van der Waals surface area contributed by atoms with Gasteiger partial charge in [-0.3, -0.25) is 14.4 Å². The molecule has 1 rings (SSSR count). The van der Waals surface area contributed by atoms with Gasteiger partial charge in [-0.25, -0.2) is 4.79 Å². The standard InChI is InChI=1S/C22H34N4O5S2/c1-13(2)18(21(29)24-16(22(30)31)11-14-7-5-4-6-8-14)26-20(28)17(12-32)25-19(27)15(23)9-10-33-3/h4-8,13,15-18,32H,9-12,23H2,1-3H3,(H,24,29)(H,25,27)(H,26,28)(H,30,31). The number of nitrogens with two attached hydrogens (primary N) is 1. The molecule has 9 nitrogen and oxygen atoms in total. The van der Waals surface area contributed by atoms with Gasteiger partial charge in [-0.2, -0.15) is 24.4 Å². The van der Waals surface area contributed by atoms with Gasteiger partial charge in [0.25, 0.3) is 0 Å². The summed E-state index contributed by atoms with van der Waals surface area (Å²) in [6, 6.07) is 5.02. The molecule has 0 radical (unpaired) electrons. The first-order chi connectivity index (χ1) is 15.6. The minimum atomic E-state index is -1.18. The third-order valence-corrected chi connectivity index (χ3v) is 5.94. The average Bonchev–Trinajstić information content (AvgIpc) is 2.78. The molecule has 0 bridgehead atoms. The molecule has 33 heavy (non-hydrogen) atoms. The highest BCUT2D eigenvalue weighted by Gasteiger charge is 2.31. The van der Waals surface area contributed by atoms with Crippen LogP contribution in [0.2, 0.25) is 0 Å². The van der Waals surface area contributed by atoms with Crippen LogP contribution in [0, 0.1) is 5.92 Å². The number of nitrogens with one attached hydrogen (secondary N) is 3.